The van der Waals surface area contributed by atoms with Crippen LogP contribution in [0.1, 0.15) is 17.3 Å². The van der Waals surface area contributed by atoms with Crippen molar-refractivity contribution in [3.63, 3.8) is 0 Å². The Hall–Kier alpha value is -3.31. The Kier molecular flexibility index (Phi) is 4.89. The summed E-state index contributed by atoms with van der Waals surface area (Å²) in [6, 6.07) is 25.9. The minimum atomic E-state index is 0.0736. The first-order chi connectivity index (χ1) is 14.8. The average molecular weight is 413 g/mol. The molecule has 148 valence electrons. The summed E-state index contributed by atoms with van der Waals surface area (Å²) in [4.78, 5) is 17.9. The van der Waals surface area contributed by atoms with Crippen molar-refractivity contribution in [3.05, 3.63) is 84.4 Å². The van der Waals surface area contributed by atoms with Crippen LogP contribution in [-0.2, 0) is 6.54 Å². The average Bonchev–Trinajstić information content (AvgIpc) is 3.36. The number of aromatic nitrogens is 2. The largest absolute Gasteiger partial charge is 0.431 e. The summed E-state index contributed by atoms with van der Waals surface area (Å²) >= 11 is 1.34. The predicted octanol–water partition coefficient (Wildman–Crippen LogP) is 6.44. The molecule has 5 aromatic rings. The van der Waals surface area contributed by atoms with E-state index in [0.29, 0.717) is 5.22 Å². The summed E-state index contributed by atoms with van der Waals surface area (Å²) in [5.41, 5.74) is 5.41. The normalized spacial score (nSPS) is 11.4. The zero-order valence-corrected chi connectivity index (χ0v) is 17.4. The Balaban J connectivity index is 1.56. The molecular formula is C25H20N2O2S. The molecule has 4 nitrogen and oxygen atoms in total. The molecule has 0 spiro atoms. The van der Waals surface area contributed by atoms with Gasteiger partial charge in [0.25, 0.3) is 5.22 Å². The monoisotopic (exact) mass is 412 g/mol. The molecule has 0 saturated carbocycles. The van der Waals surface area contributed by atoms with Crippen molar-refractivity contribution in [2.75, 3.05) is 5.75 Å². The van der Waals surface area contributed by atoms with Crippen molar-refractivity contribution in [2.45, 2.75) is 18.7 Å². The lowest BCUT2D eigenvalue weighted by Gasteiger charge is -2.10. The van der Waals surface area contributed by atoms with E-state index in [0.717, 1.165) is 45.4 Å². The smallest absolute Gasteiger partial charge is 0.257 e. The lowest BCUT2D eigenvalue weighted by molar-refractivity contribution is 0.102. The molecule has 0 bridgehead atoms. The summed E-state index contributed by atoms with van der Waals surface area (Å²) in [6.45, 7) is 2.90. The lowest BCUT2D eigenvalue weighted by atomic mass is 10.0. The number of ketones is 1. The molecule has 0 fully saturated rings. The number of hydrogen-bond donors (Lipinski definition) is 0. The number of rotatable bonds is 6. The number of thioether (sulfide) groups is 1. The van der Waals surface area contributed by atoms with Gasteiger partial charge in [0.15, 0.2) is 11.4 Å². The van der Waals surface area contributed by atoms with Crippen LogP contribution in [0.4, 0.5) is 0 Å². The first-order valence-corrected chi connectivity index (χ1v) is 10.9. The van der Waals surface area contributed by atoms with Gasteiger partial charge in [-0.1, -0.05) is 72.4 Å². The molecule has 0 N–H and O–H groups in total. The Morgan fingerprint density at radius 1 is 0.967 bits per heavy atom. The maximum absolute atomic E-state index is 13.5. The van der Waals surface area contributed by atoms with Gasteiger partial charge in [0.05, 0.1) is 17.0 Å². The van der Waals surface area contributed by atoms with Crippen LogP contribution < -0.4 is 0 Å². The summed E-state index contributed by atoms with van der Waals surface area (Å²) in [7, 11) is 0. The van der Waals surface area contributed by atoms with Gasteiger partial charge in [-0.3, -0.25) is 4.79 Å². The van der Waals surface area contributed by atoms with Gasteiger partial charge in [0.2, 0.25) is 0 Å². The van der Waals surface area contributed by atoms with Crippen molar-refractivity contribution in [2.24, 2.45) is 0 Å². The SMILES string of the molecule is CCn1c(-c2ccccc2)c(C(=O)CSc2nc3ccccc3o2)c2ccccc21. The molecule has 30 heavy (non-hydrogen) atoms. The van der Waals surface area contributed by atoms with Crippen LogP contribution in [-0.4, -0.2) is 21.1 Å². The Morgan fingerprint density at radius 3 is 2.50 bits per heavy atom. The number of Topliss-reactive ketones (excluding diaryl/α,β-unsaturated/α-hetero) is 1. The van der Waals surface area contributed by atoms with E-state index in [-0.39, 0.29) is 11.5 Å². The van der Waals surface area contributed by atoms with Crippen molar-refractivity contribution in [1.29, 1.82) is 0 Å². The topological polar surface area (TPSA) is 48.0 Å². The number of carbonyl (C=O) groups is 1. The van der Waals surface area contributed by atoms with Gasteiger partial charge in [0.1, 0.15) is 5.52 Å². The standard InChI is InChI=1S/C25H20N2O2S/c1-2-27-20-14-8-6-12-18(20)23(24(27)17-10-4-3-5-11-17)21(28)16-30-25-26-19-13-7-9-15-22(19)29-25/h3-15H,2,16H2,1H3. The molecule has 0 amide bonds. The number of nitrogens with zero attached hydrogens (tertiary/aromatic N) is 2. The minimum Gasteiger partial charge on any atom is -0.431 e. The van der Waals surface area contributed by atoms with Crippen LogP contribution in [0.5, 0.6) is 0 Å². The van der Waals surface area contributed by atoms with Gasteiger partial charge < -0.3 is 8.98 Å². The third kappa shape index (κ3) is 3.21. The summed E-state index contributed by atoms with van der Waals surface area (Å²) in [5.74, 6) is 0.342. The summed E-state index contributed by atoms with van der Waals surface area (Å²) in [5, 5.41) is 1.51. The van der Waals surface area contributed by atoms with Crippen molar-refractivity contribution < 1.29 is 9.21 Å². The van der Waals surface area contributed by atoms with E-state index < -0.39 is 0 Å². The van der Waals surface area contributed by atoms with Crippen LogP contribution >= 0.6 is 11.8 Å². The molecule has 5 rings (SSSR count). The van der Waals surface area contributed by atoms with E-state index in [4.69, 9.17) is 4.42 Å². The molecule has 2 heterocycles. The van der Waals surface area contributed by atoms with Crippen LogP contribution in [0.3, 0.4) is 0 Å². The quantitative estimate of drug-likeness (QED) is 0.238. The number of aryl methyl sites for hydroxylation is 1. The number of carbonyl (C=O) groups excluding carboxylic acids is 1. The highest BCUT2D eigenvalue weighted by Gasteiger charge is 2.23. The van der Waals surface area contributed by atoms with Gasteiger partial charge in [-0.05, 0) is 30.7 Å². The highest BCUT2D eigenvalue weighted by Crippen LogP contribution is 2.35. The van der Waals surface area contributed by atoms with Crippen LogP contribution in [0.2, 0.25) is 0 Å². The highest BCUT2D eigenvalue weighted by molar-refractivity contribution is 7.99. The Bertz CT molecular complexity index is 1320. The molecule has 0 aliphatic carbocycles. The van der Waals surface area contributed by atoms with Gasteiger partial charge >= 0.3 is 0 Å². The highest BCUT2D eigenvalue weighted by atomic mass is 32.2. The Labute approximate surface area is 178 Å². The fraction of sp³-hybridized carbons (Fsp3) is 0.120. The first kappa shape index (κ1) is 18.7. The van der Waals surface area contributed by atoms with Crippen molar-refractivity contribution in [3.8, 4) is 11.3 Å². The molecule has 2 aromatic heterocycles. The van der Waals surface area contributed by atoms with Gasteiger partial charge in [-0.15, -0.1) is 0 Å². The van der Waals surface area contributed by atoms with Gasteiger partial charge in [-0.25, -0.2) is 4.98 Å². The van der Waals surface area contributed by atoms with Crippen molar-refractivity contribution >= 4 is 39.5 Å². The summed E-state index contributed by atoms with van der Waals surface area (Å²) in [6.07, 6.45) is 0. The molecule has 3 aromatic carbocycles. The number of fused-ring (bicyclic) bond motifs is 2. The third-order valence-corrected chi connectivity index (χ3v) is 6.04. The van der Waals surface area contributed by atoms with E-state index in [2.05, 4.69) is 34.7 Å². The molecule has 0 aliphatic rings. The van der Waals surface area contributed by atoms with Crippen molar-refractivity contribution in [1.82, 2.24) is 9.55 Å². The molecule has 0 aliphatic heterocycles. The second-order valence-electron chi connectivity index (χ2n) is 7.01. The lowest BCUT2D eigenvalue weighted by Crippen LogP contribution is -2.06. The number of oxazole rings is 1. The fourth-order valence-corrected chi connectivity index (χ4v) is 4.63. The van der Waals surface area contributed by atoms with E-state index in [9.17, 15) is 4.79 Å². The zero-order valence-electron chi connectivity index (χ0n) is 16.5. The van der Waals surface area contributed by atoms with Crippen LogP contribution in [0.15, 0.2) is 88.5 Å². The molecule has 0 unspecified atom stereocenters. The van der Waals surface area contributed by atoms with Crippen LogP contribution in [0, 0.1) is 0 Å². The number of hydrogen-bond acceptors (Lipinski definition) is 4. The second-order valence-corrected chi connectivity index (χ2v) is 7.94. The maximum Gasteiger partial charge on any atom is 0.257 e. The summed E-state index contributed by atoms with van der Waals surface area (Å²) < 4.78 is 8.00. The zero-order chi connectivity index (χ0) is 20.5. The molecule has 5 heteroatoms. The predicted molar refractivity (Wildman–Crippen MR) is 122 cm³/mol. The van der Waals surface area contributed by atoms with E-state index >= 15 is 0 Å². The van der Waals surface area contributed by atoms with Crippen LogP contribution in [0.25, 0.3) is 33.3 Å². The maximum atomic E-state index is 13.5. The van der Waals surface area contributed by atoms with E-state index in [1.165, 1.54) is 11.8 Å². The molecular weight excluding hydrogens is 392 g/mol. The van der Waals surface area contributed by atoms with E-state index in [1.54, 1.807) is 0 Å². The molecule has 0 radical (unpaired) electrons. The van der Waals surface area contributed by atoms with E-state index in [1.807, 2.05) is 60.7 Å². The second kappa shape index (κ2) is 7.84. The van der Waals surface area contributed by atoms with Gasteiger partial charge in [0, 0.05) is 17.4 Å². The fourth-order valence-electron chi connectivity index (χ4n) is 3.92. The molecule has 0 saturated heterocycles. The number of para-hydroxylation sites is 3. The minimum absolute atomic E-state index is 0.0736. The third-order valence-electron chi connectivity index (χ3n) is 5.21. The van der Waals surface area contributed by atoms with Gasteiger partial charge in [-0.2, -0.15) is 0 Å². The Morgan fingerprint density at radius 2 is 1.70 bits per heavy atom. The number of benzene rings is 3. The molecule has 0 atom stereocenters. The first-order valence-electron chi connectivity index (χ1n) is 9.94.